The molecule has 1 aliphatic rings. The van der Waals surface area contributed by atoms with Crippen LogP contribution in [0.5, 0.6) is 11.5 Å². The third-order valence-electron chi connectivity index (χ3n) is 3.88. The van der Waals surface area contributed by atoms with Gasteiger partial charge < -0.3 is 20.1 Å². The van der Waals surface area contributed by atoms with E-state index >= 15 is 0 Å². The molecule has 0 spiro atoms. The van der Waals surface area contributed by atoms with E-state index in [4.69, 9.17) is 9.47 Å². The summed E-state index contributed by atoms with van der Waals surface area (Å²) in [5.41, 5.74) is 2.05. The molecule has 120 valence electrons. The third-order valence-corrected chi connectivity index (χ3v) is 3.88. The molecule has 0 aromatic heterocycles. The van der Waals surface area contributed by atoms with E-state index in [0.717, 1.165) is 29.0 Å². The molecule has 5 heteroatoms. The SMILES string of the molecule is COc1ccc(CNC(=O)NC2CCOc3ccccc32)cc1. The van der Waals surface area contributed by atoms with E-state index in [1.54, 1.807) is 7.11 Å². The second-order valence-corrected chi connectivity index (χ2v) is 5.40. The number of amides is 2. The van der Waals surface area contributed by atoms with Crippen molar-refractivity contribution in [2.75, 3.05) is 13.7 Å². The lowest BCUT2D eigenvalue weighted by Crippen LogP contribution is -2.39. The van der Waals surface area contributed by atoms with E-state index in [-0.39, 0.29) is 12.1 Å². The Kier molecular flexibility index (Phi) is 4.66. The van der Waals surface area contributed by atoms with Gasteiger partial charge in [0.05, 0.1) is 19.8 Å². The first-order valence-electron chi connectivity index (χ1n) is 7.65. The standard InChI is InChI=1S/C18H20N2O3/c1-22-14-8-6-13(7-9-14)12-19-18(21)20-16-10-11-23-17-5-3-2-4-15(16)17/h2-9,16H,10-12H2,1H3,(H2,19,20,21). The van der Waals surface area contributed by atoms with Gasteiger partial charge in [-0.1, -0.05) is 30.3 Å². The van der Waals surface area contributed by atoms with Crippen LogP contribution in [0.2, 0.25) is 0 Å². The molecule has 0 bridgehead atoms. The van der Waals surface area contributed by atoms with Gasteiger partial charge in [-0.3, -0.25) is 0 Å². The van der Waals surface area contributed by atoms with Crippen LogP contribution in [0.4, 0.5) is 4.79 Å². The van der Waals surface area contributed by atoms with Gasteiger partial charge in [0.1, 0.15) is 11.5 Å². The number of hydrogen-bond acceptors (Lipinski definition) is 3. The summed E-state index contributed by atoms with van der Waals surface area (Å²) in [5.74, 6) is 1.65. The van der Waals surface area contributed by atoms with Crippen LogP contribution in [0, 0.1) is 0 Å². The number of methoxy groups -OCH3 is 1. The maximum Gasteiger partial charge on any atom is 0.315 e. The lowest BCUT2D eigenvalue weighted by atomic mass is 10.0. The smallest absolute Gasteiger partial charge is 0.315 e. The molecule has 1 aliphatic heterocycles. The number of benzene rings is 2. The number of fused-ring (bicyclic) bond motifs is 1. The molecule has 0 fully saturated rings. The monoisotopic (exact) mass is 312 g/mol. The first-order valence-corrected chi connectivity index (χ1v) is 7.65. The molecular weight excluding hydrogens is 292 g/mol. The van der Waals surface area contributed by atoms with Crippen molar-refractivity contribution in [3.63, 3.8) is 0 Å². The highest BCUT2D eigenvalue weighted by Gasteiger charge is 2.22. The van der Waals surface area contributed by atoms with E-state index in [1.165, 1.54) is 0 Å². The number of carbonyl (C=O) groups excluding carboxylic acids is 1. The molecule has 0 radical (unpaired) electrons. The number of urea groups is 1. The molecule has 0 saturated carbocycles. The maximum absolute atomic E-state index is 12.1. The minimum atomic E-state index is -0.178. The van der Waals surface area contributed by atoms with E-state index in [9.17, 15) is 4.79 Å². The summed E-state index contributed by atoms with van der Waals surface area (Å²) in [7, 11) is 1.63. The van der Waals surface area contributed by atoms with Crippen LogP contribution >= 0.6 is 0 Å². The van der Waals surface area contributed by atoms with Gasteiger partial charge in [-0.2, -0.15) is 0 Å². The molecule has 2 N–H and O–H groups in total. The summed E-state index contributed by atoms with van der Waals surface area (Å²) in [6.07, 6.45) is 0.771. The van der Waals surface area contributed by atoms with Crippen LogP contribution in [0.25, 0.3) is 0 Å². The Morgan fingerprint density at radius 3 is 2.78 bits per heavy atom. The van der Waals surface area contributed by atoms with E-state index in [1.807, 2.05) is 48.5 Å². The number of hydrogen-bond donors (Lipinski definition) is 2. The topological polar surface area (TPSA) is 59.6 Å². The fourth-order valence-electron chi connectivity index (χ4n) is 2.63. The summed E-state index contributed by atoms with van der Waals surface area (Å²) in [6.45, 7) is 1.08. The first kappa shape index (κ1) is 15.2. The van der Waals surface area contributed by atoms with E-state index in [0.29, 0.717) is 13.2 Å². The minimum absolute atomic E-state index is 0.0178. The number of rotatable bonds is 4. The van der Waals surface area contributed by atoms with Gasteiger partial charge in [0.2, 0.25) is 0 Å². The molecule has 23 heavy (non-hydrogen) atoms. The van der Waals surface area contributed by atoms with Crippen molar-refractivity contribution in [3.8, 4) is 11.5 Å². The van der Waals surface area contributed by atoms with Crippen molar-refractivity contribution in [2.24, 2.45) is 0 Å². The van der Waals surface area contributed by atoms with Crippen LogP contribution < -0.4 is 20.1 Å². The average molecular weight is 312 g/mol. The Morgan fingerprint density at radius 1 is 1.22 bits per heavy atom. The van der Waals surface area contributed by atoms with Crippen molar-refractivity contribution in [1.82, 2.24) is 10.6 Å². The summed E-state index contributed by atoms with van der Waals surface area (Å²) < 4.78 is 10.7. The van der Waals surface area contributed by atoms with Crippen molar-refractivity contribution in [2.45, 2.75) is 19.0 Å². The highest BCUT2D eigenvalue weighted by atomic mass is 16.5. The quantitative estimate of drug-likeness (QED) is 0.912. The summed E-state index contributed by atoms with van der Waals surface area (Å²) in [6, 6.07) is 15.2. The zero-order valence-electron chi connectivity index (χ0n) is 13.0. The molecular formula is C18H20N2O3. The predicted octanol–water partition coefficient (Wildman–Crippen LogP) is 3.02. The largest absolute Gasteiger partial charge is 0.497 e. The Labute approximate surface area is 135 Å². The van der Waals surface area contributed by atoms with Gasteiger partial charge in [0, 0.05) is 18.5 Å². The zero-order valence-corrected chi connectivity index (χ0v) is 13.0. The molecule has 2 aromatic carbocycles. The molecule has 1 atom stereocenters. The second kappa shape index (κ2) is 7.05. The number of para-hydroxylation sites is 1. The van der Waals surface area contributed by atoms with Gasteiger partial charge in [-0.05, 0) is 23.8 Å². The van der Waals surface area contributed by atoms with Crippen LogP contribution in [-0.2, 0) is 6.54 Å². The highest BCUT2D eigenvalue weighted by Crippen LogP contribution is 2.31. The lowest BCUT2D eigenvalue weighted by molar-refractivity contribution is 0.223. The van der Waals surface area contributed by atoms with Gasteiger partial charge in [-0.15, -0.1) is 0 Å². The van der Waals surface area contributed by atoms with Crippen LogP contribution in [0.3, 0.4) is 0 Å². The molecule has 0 saturated heterocycles. The average Bonchev–Trinajstić information content (AvgIpc) is 2.61. The predicted molar refractivity (Wildman–Crippen MR) is 87.7 cm³/mol. The van der Waals surface area contributed by atoms with Gasteiger partial charge >= 0.3 is 6.03 Å². The molecule has 1 heterocycles. The van der Waals surface area contributed by atoms with Crippen LogP contribution in [0.1, 0.15) is 23.6 Å². The second-order valence-electron chi connectivity index (χ2n) is 5.40. The Balaban J connectivity index is 1.55. The molecule has 2 aromatic rings. The third kappa shape index (κ3) is 3.74. The first-order chi connectivity index (χ1) is 11.3. The lowest BCUT2D eigenvalue weighted by Gasteiger charge is -2.26. The molecule has 2 amide bonds. The Morgan fingerprint density at radius 2 is 2.00 bits per heavy atom. The molecule has 3 rings (SSSR count). The van der Waals surface area contributed by atoms with Crippen molar-refractivity contribution < 1.29 is 14.3 Å². The highest BCUT2D eigenvalue weighted by molar-refractivity contribution is 5.74. The number of ether oxygens (including phenoxy) is 2. The fourth-order valence-corrected chi connectivity index (χ4v) is 2.63. The van der Waals surface area contributed by atoms with Crippen LogP contribution in [0.15, 0.2) is 48.5 Å². The van der Waals surface area contributed by atoms with Gasteiger partial charge in [-0.25, -0.2) is 4.79 Å². The Bertz CT molecular complexity index is 670. The van der Waals surface area contributed by atoms with Gasteiger partial charge in [0.25, 0.3) is 0 Å². The van der Waals surface area contributed by atoms with Crippen molar-refractivity contribution >= 4 is 6.03 Å². The Hall–Kier alpha value is -2.69. The molecule has 0 aliphatic carbocycles. The summed E-state index contributed by atoms with van der Waals surface area (Å²) >= 11 is 0. The molecule has 1 unspecified atom stereocenters. The van der Waals surface area contributed by atoms with E-state index in [2.05, 4.69) is 10.6 Å². The number of carbonyl (C=O) groups is 1. The molecule has 5 nitrogen and oxygen atoms in total. The van der Waals surface area contributed by atoms with Crippen molar-refractivity contribution in [3.05, 3.63) is 59.7 Å². The number of nitrogens with one attached hydrogen (secondary N) is 2. The van der Waals surface area contributed by atoms with Crippen LogP contribution in [-0.4, -0.2) is 19.7 Å². The maximum atomic E-state index is 12.1. The van der Waals surface area contributed by atoms with Crippen molar-refractivity contribution in [1.29, 1.82) is 0 Å². The summed E-state index contributed by atoms with van der Waals surface area (Å²) in [5, 5.41) is 5.90. The fraction of sp³-hybridized carbons (Fsp3) is 0.278. The van der Waals surface area contributed by atoms with Gasteiger partial charge in [0.15, 0.2) is 0 Å². The zero-order chi connectivity index (χ0) is 16.1. The van der Waals surface area contributed by atoms with E-state index < -0.39 is 0 Å². The normalized spacial score (nSPS) is 16.0. The summed E-state index contributed by atoms with van der Waals surface area (Å²) in [4.78, 5) is 12.1. The minimum Gasteiger partial charge on any atom is -0.497 e.